The van der Waals surface area contributed by atoms with E-state index in [0.717, 1.165) is 24.8 Å². The van der Waals surface area contributed by atoms with Crippen LogP contribution in [0.1, 0.15) is 30.2 Å². The molecule has 2 rings (SSSR count). The lowest BCUT2D eigenvalue weighted by atomic mass is 9.84. The molecule has 0 radical (unpaired) electrons. The van der Waals surface area contributed by atoms with Crippen LogP contribution >= 0.6 is 11.3 Å². The number of nitrogens with two attached hydrogens (primary N) is 1. The summed E-state index contributed by atoms with van der Waals surface area (Å²) in [4.78, 5) is 1.33. The molecule has 1 unspecified atom stereocenters. The Bertz CT molecular complexity index is 495. The fourth-order valence-corrected chi connectivity index (χ4v) is 2.83. The van der Waals surface area contributed by atoms with Crippen LogP contribution < -0.4 is 5.73 Å². The summed E-state index contributed by atoms with van der Waals surface area (Å²) in [7, 11) is 0. The van der Waals surface area contributed by atoms with Gasteiger partial charge >= 0.3 is 0 Å². The molecular weight excluding hydrogens is 245 g/mol. The van der Waals surface area contributed by atoms with Gasteiger partial charge in [-0.1, -0.05) is 25.1 Å². The summed E-state index contributed by atoms with van der Waals surface area (Å²) >= 11 is 1.74. The number of hydrogen-bond donors (Lipinski definition) is 1. The molecule has 96 valence electrons. The highest BCUT2D eigenvalue weighted by atomic mass is 32.1. The molecule has 0 saturated carbocycles. The Hall–Kier alpha value is -1.19. The highest BCUT2D eigenvalue weighted by Gasteiger charge is 2.25. The molecule has 0 aliphatic heterocycles. The van der Waals surface area contributed by atoms with Crippen LogP contribution in [0.5, 0.6) is 0 Å². The van der Waals surface area contributed by atoms with Gasteiger partial charge in [0, 0.05) is 10.4 Å². The zero-order chi connectivity index (χ0) is 13.0. The highest BCUT2D eigenvalue weighted by molar-refractivity contribution is 7.09. The van der Waals surface area contributed by atoms with Crippen molar-refractivity contribution in [3.05, 3.63) is 58.0 Å². The van der Waals surface area contributed by atoms with Gasteiger partial charge in [-0.15, -0.1) is 11.3 Å². The molecule has 1 aromatic heterocycles. The summed E-state index contributed by atoms with van der Waals surface area (Å²) in [5.41, 5.74) is 6.89. The molecule has 1 nitrogen and oxygen atoms in total. The molecule has 1 aromatic carbocycles. The Labute approximate surface area is 111 Å². The lowest BCUT2D eigenvalue weighted by Gasteiger charge is -2.28. The van der Waals surface area contributed by atoms with E-state index in [4.69, 9.17) is 5.73 Å². The van der Waals surface area contributed by atoms with Crippen LogP contribution in [0.25, 0.3) is 0 Å². The van der Waals surface area contributed by atoms with E-state index >= 15 is 0 Å². The lowest BCUT2D eigenvalue weighted by Crippen LogP contribution is -2.36. The normalized spacial score (nSPS) is 14.4. The SMILES string of the molecule is CCC(N)(CCc1cccs1)c1cccc(F)c1. The minimum absolute atomic E-state index is 0.216. The Morgan fingerprint density at radius 3 is 2.72 bits per heavy atom. The van der Waals surface area contributed by atoms with Crippen LogP contribution in [-0.2, 0) is 12.0 Å². The van der Waals surface area contributed by atoms with E-state index in [-0.39, 0.29) is 5.82 Å². The minimum Gasteiger partial charge on any atom is -0.321 e. The number of thiophene rings is 1. The number of aryl methyl sites for hydroxylation is 1. The van der Waals surface area contributed by atoms with Crippen molar-refractivity contribution in [2.45, 2.75) is 31.7 Å². The van der Waals surface area contributed by atoms with Crippen molar-refractivity contribution >= 4 is 11.3 Å². The third-order valence-electron chi connectivity index (χ3n) is 3.43. The third-order valence-corrected chi connectivity index (χ3v) is 4.36. The standard InChI is InChI=1S/C15H18FNS/c1-2-15(17,9-8-14-7-4-10-18-14)12-5-3-6-13(16)11-12/h3-7,10-11H,2,8-9,17H2,1H3. The first kappa shape index (κ1) is 13.2. The molecule has 0 aliphatic carbocycles. The molecule has 2 aromatic rings. The van der Waals surface area contributed by atoms with Crippen LogP contribution in [-0.4, -0.2) is 0 Å². The molecule has 0 bridgehead atoms. The first-order chi connectivity index (χ1) is 8.64. The summed E-state index contributed by atoms with van der Waals surface area (Å²) in [6.45, 7) is 2.05. The summed E-state index contributed by atoms with van der Waals surface area (Å²) in [5, 5.41) is 2.07. The molecule has 1 heterocycles. The molecule has 0 saturated heterocycles. The fraction of sp³-hybridized carbons (Fsp3) is 0.333. The van der Waals surface area contributed by atoms with Gasteiger partial charge < -0.3 is 5.73 Å². The molecule has 18 heavy (non-hydrogen) atoms. The van der Waals surface area contributed by atoms with Crippen molar-refractivity contribution in [1.29, 1.82) is 0 Å². The molecular formula is C15H18FNS. The maximum Gasteiger partial charge on any atom is 0.123 e. The first-order valence-electron chi connectivity index (χ1n) is 6.21. The van der Waals surface area contributed by atoms with E-state index in [2.05, 4.69) is 18.4 Å². The van der Waals surface area contributed by atoms with Gasteiger partial charge in [-0.25, -0.2) is 4.39 Å². The fourth-order valence-electron chi connectivity index (χ4n) is 2.12. The van der Waals surface area contributed by atoms with Gasteiger partial charge in [-0.2, -0.15) is 0 Å². The van der Waals surface area contributed by atoms with E-state index in [0.29, 0.717) is 0 Å². The third kappa shape index (κ3) is 2.98. The van der Waals surface area contributed by atoms with Crippen LogP contribution in [0.3, 0.4) is 0 Å². The molecule has 3 heteroatoms. The maximum atomic E-state index is 13.3. The van der Waals surface area contributed by atoms with Gasteiger partial charge in [0.15, 0.2) is 0 Å². The van der Waals surface area contributed by atoms with E-state index in [1.807, 2.05) is 12.1 Å². The number of hydrogen-bond acceptors (Lipinski definition) is 2. The van der Waals surface area contributed by atoms with Gasteiger partial charge in [-0.3, -0.25) is 0 Å². The van der Waals surface area contributed by atoms with Gasteiger partial charge in [0.05, 0.1) is 0 Å². The lowest BCUT2D eigenvalue weighted by molar-refractivity contribution is 0.393. The maximum absolute atomic E-state index is 13.3. The minimum atomic E-state index is -0.438. The van der Waals surface area contributed by atoms with Crippen molar-refractivity contribution in [2.75, 3.05) is 0 Å². The largest absolute Gasteiger partial charge is 0.321 e. The van der Waals surface area contributed by atoms with E-state index in [1.165, 1.54) is 10.9 Å². The second-order valence-electron chi connectivity index (χ2n) is 4.60. The predicted octanol–water partition coefficient (Wildman–Crippen LogP) is 4.08. The Morgan fingerprint density at radius 2 is 2.11 bits per heavy atom. The predicted molar refractivity (Wildman–Crippen MR) is 75.2 cm³/mol. The second kappa shape index (κ2) is 5.63. The zero-order valence-corrected chi connectivity index (χ0v) is 11.3. The van der Waals surface area contributed by atoms with Crippen molar-refractivity contribution < 1.29 is 4.39 Å². The zero-order valence-electron chi connectivity index (χ0n) is 10.5. The Kier molecular flexibility index (Phi) is 4.15. The van der Waals surface area contributed by atoms with E-state index in [9.17, 15) is 4.39 Å². The van der Waals surface area contributed by atoms with Crippen LogP contribution in [0.15, 0.2) is 41.8 Å². The van der Waals surface area contributed by atoms with Crippen molar-refractivity contribution in [3.8, 4) is 0 Å². The number of rotatable bonds is 5. The van der Waals surface area contributed by atoms with Crippen LogP contribution in [0, 0.1) is 5.82 Å². The molecule has 2 N–H and O–H groups in total. The van der Waals surface area contributed by atoms with Crippen molar-refractivity contribution in [2.24, 2.45) is 5.73 Å². The van der Waals surface area contributed by atoms with Crippen molar-refractivity contribution in [1.82, 2.24) is 0 Å². The average molecular weight is 263 g/mol. The van der Waals surface area contributed by atoms with E-state index < -0.39 is 5.54 Å². The summed E-state index contributed by atoms with van der Waals surface area (Å²) in [6, 6.07) is 10.8. The molecule has 0 fully saturated rings. The average Bonchev–Trinajstić information content (AvgIpc) is 2.89. The molecule has 0 aliphatic rings. The quantitative estimate of drug-likeness (QED) is 0.864. The highest BCUT2D eigenvalue weighted by Crippen LogP contribution is 2.28. The van der Waals surface area contributed by atoms with Gasteiger partial charge in [0.25, 0.3) is 0 Å². The summed E-state index contributed by atoms with van der Waals surface area (Å²) in [6.07, 6.45) is 2.59. The van der Waals surface area contributed by atoms with Crippen LogP contribution in [0.4, 0.5) is 4.39 Å². The topological polar surface area (TPSA) is 26.0 Å². The van der Waals surface area contributed by atoms with E-state index in [1.54, 1.807) is 23.5 Å². The summed E-state index contributed by atoms with van der Waals surface area (Å²) in [5.74, 6) is -0.216. The van der Waals surface area contributed by atoms with Gasteiger partial charge in [0.2, 0.25) is 0 Å². The molecule has 0 amide bonds. The monoisotopic (exact) mass is 263 g/mol. The number of halogens is 1. The van der Waals surface area contributed by atoms with Gasteiger partial charge in [-0.05, 0) is 48.4 Å². The van der Waals surface area contributed by atoms with Crippen molar-refractivity contribution in [3.63, 3.8) is 0 Å². The Balaban J connectivity index is 2.14. The molecule has 1 atom stereocenters. The van der Waals surface area contributed by atoms with Crippen LogP contribution in [0.2, 0.25) is 0 Å². The van der Waals surface area contributed by atoms with Gasteiger partial charge in [0.1, 0.15) is 5.82 Å². The summed E-state index contributed by atoms with van der Waals surface area (Å²) < 4.78 is 13.3. The number of benzene rings is 1. The molecule has 0 spiro atoms. The Morgan fingerprint density at radius 1 is 1.28 bits per heavy atom. The second-order valence-corrected chi connectivity index (χ2v) is 5.63. The smallest absolute Gasteiger partial charge is 0.123 e. The first-order valence-corrected chi connectivity index (χ1v) is 7.09.